The second-order valence-corrected chi connectivity index (χ2v) is 10.8. The molecule has 0 aliphatic heterocycles. The zero-order valence-corrected chi connectivity index (χ0v) is 22.7. The molecule has 0 N–H and O–H groups in total. The number of imidazole rings is 2. The van der Waals surface area contributed by atoms with Gasteiger partial charge in [-0.25, -0.2) is 9.97 Å². The molecule has 6 rings (SSSR count). The molecule has 6 nitrogen and oxygen atoms in total. The number of ether oxygens (including phenoxy) is 2. The van der Waals surface area contributed by atoms with Crippen LogP contribution >= 0.6 is 21.6 Å². The quantitative estimate of drug-likeness (QED) is 0.174. The minimum absolute atomic E-state index is 0.659. The predicted molar refractivity (Wildman–Crippen MR) is 156 cm³/mol. The van der Waals surface area contributed by atoms with E-state index >= 15 is 0 Å². The highest BCUT2D eigenvalue weighted by Gasteiger charge is 2.09. The van der Waals surface area contributed by atoms with E-state index in [-0.39, 0.29) is 0 Å². The van der Waals surface area contributed by atoms with Gasteiger partial charge in [0.25, 0.3) is 0 Å². The van der Waals surface area contributed by atoms with Gasteiger partial charge in [0.15, 0.2) is 0 Å². The lowest BCUT2D eigenvalue weighted by molar-refractivity contribution is 0.340. The summed E-state index contributed by atoms with van der Waals surface area (Å²) in [5, 5.41) is 0. The van der Waals surface area contributed by atoms with Crippen LogP contribution in [-0.2, 0) is 0 Å². The Morgan fingerprint density at radius 2 is 1.00 bits per heavy atom. The summed E-state index contributed by atoms with van der Waals surface area (Å²) in [5.41, 5.74) is 6.20. The molecule has 0 atom stereocenters. The summed E-state index contributed by atoms with van der Waals surface area (Å²) in [6.45, 7) is 5.29. The monoisotopic (exact) mass is 538 g/mol. The number of rotatable bonds is 9. The molecule has 4 aromatic carbocycles. The Bertz CT molecular complexity index is 1560. The predicted octanol–water partition coefficient (Wildman–Crippen LogP) is 7.96. The zero-order valence-electron chi connectivity index (χ0n) is 21.1. The number of nitrogens with zero attached hydrogens (tertiary/aromatic N) is 4. The first-order chi connectivity index (χ1) is 18.7. The van der Waals surface area contributed by atoms with Crippen molar-refractivity contribution < 1.29 is 9.47 Å². The lowest BCUT2D eigenvalue weighted by Crippen LogP contribution is -1.94. The van der Waals surface area contributed by atoms with Gasteiger partial charge in [-0.1, -0.05) is 21.6 Å². The molecular formula is C30H26N4O2S2. The maximum atomic E-state index is 5.56. The highest BCUT2D eigenvalue weighted by molar-refractivity contribution is 8.76. The molecule has 0 amide bonds. The van der Waals surface area contributed by atoms with Gasteiger partial charge in [0.1, 0.15) is 24.2 Å². The molecule has 2 heterocycles. The van der Waals surface area contributed by atoms with E-state index in [9.17, 15) is 0 Å². The molecule has 6 aromatic rings. The Kier molecular flexibility index (Phi) is 6.98. The molecule has 0 unspecified atom stereocenters. The van der Waals surface area contributed by atoms with Crippen molar-refractivity contribution in [2.24, 2.45) is 0 Å². The molecule has 0 bridgehead atoms. The maximum Gasteiger partial charge on any atom is 0.119 e. The van der Waals surface area contributed by atoms with E-state index < -0.39 is 0 Å². The van der Waals surface area contributed by atoms with Gasteiger partial charge in [-0.05, 0) is 98.8 Å². The Labute approximate surface area is 229 Å². The van der Waals surface area contributed by atoms with Crippen LogP contribution in [0.25, 0.3) is 33.4 Å². The topological polar surface area (TPSA) is 54.1 Å². The molecule has 2 aromatic heterocycles. The molecule has 0 aliphatic rings. The van der Waals surface area contributed by atoms with Gasteiger partial charge >= 0.3 is 0 Å². The van der Waals surface area contributed by atoms with Gasteiger partial charge in [0, 0.05) is 21.2 Å². The first-order valence-corrected chi connectivity index (χ1v) is 14.6. The molecule has 190 valence electrons. The minimum atomic E-state index is 0.659. The summed E-state index contributed by atoms with van der Waals surface area (Å²) in [5.74, 6) is 1.75. The van der Waals surface area contributed by atoms with Crippen molar-refractivity contribution in [3.63, 3.8) is 0 Å². The van der Waals surface area contributed by atoms with Crippen molar-refractivity contribution in [3.05, 3.63) is 97.6 Å². The molecule has 38 heavy (non-hydrogen) atoms. The Hall–Kier alpha value is -3.88. The van der Waals surface area contributed by atoms with Gasteiger partial charge in [-0.15, -0.1) is 0 Å². The van der Waals surface area contributed by atoms with Crippen LogP contribution in [0, 0.1) is 0 Å². The number of benzene rings is 4. The van der Waals surface area contributed by atoms with E-state index in [1.54, 1.807) is 21.6 Å². The number of hydrogen-bond donors (Lipinski definition) is 0. The van der Waals surface area contributed by atoms with Crippen LogP contribution in [0.4, 0.5) is 0 Å². The second kappa shape index (κ2) is 10.8. The lowest BCUT2D eigenvalue weighted by atomic mass is 10.2. The SMILES string of the molecule is CCOc1ccc(-n2cnc3cc(SSc4ccc5c(c4)ncn5-c4ccc(OCC)cc4)ccc32)cc1. The van der Waals surface area contributed by atoms with Crippen molar-refractivity contribution in [2.75, 3.05) is 13.2 Å². The highest BCUT2D eigenvalue weighted by Crippen LogP contribution is 2.39. The summed E-state index contributed by atoms with van der Waals surface area (Å²) in [6.07, 6.45) is 3.74. The molecule has 8 heteroatoms. The molecule has 0 saturated heterocycles. The Balaban J connectivity index is 1.16. The maximum absolute atomic E-state index is 5.56. The van der Waals surface area contributed by atoms with Crippen LogP contribution in [0.2, 0.25) is 0 Å². The van der Waals surface area contributed by atoms with Crippen molar-refractivity contribution >= 4 is 43.7 Å². The molecule has 0 aliphatic carbocycles. The summed E-state index contributed by atoms with van der Waals surface area (Å²) < 4.78 is 15.3. The summed E-state index contributed by atoms with van der Waals surface area (Å²) in [7, 11) is 3.44. The fraction of sp³-hybridized carbons (Fsp3) is 0.133. The number of hydrogen-bond acceptors (Lipinski definition) is 6. The average molecular weight is 539 g/mol. The van der Waals surface area contributed by atoms with Crippen LogP contribution in [0.15, 0.2) is 107 Å². The molecule has 0 fully saturated rings. The molecule has 0 radical (unpaired) electrons. The van der Waals surface area contributed by atoms with Crippen LogP contribution in [0.3, 0.4) is 0 Å². The average Bonchev–Trinajstić information content (AvgIpc) is 3.57. The fourth-order valence-corrected chi connectivity index (χ4v) is 6.29. The zero-order chi connectivity index (χ0) is 25.9. The van der Waals surface area contributed by atoms with Gasteiger partial charge in [-0.2, -0.15) is 0 Å². The molecule has 0 spiro atoms. The standard InChI is InChI=1S/C30H26N4O2S2/c1-3-35-23-9-5-21(6-10-23)33-19-31-27-17-25(13-15-29(27)33)37-38-26-14-16-30-28(18-26)32-20-34(30)22-7-11-24(12-8-22)36-4-2/h5-20H,3-4H2,1-2H3. The summed E-state index contributed by atoms with van der Waals surface area (Å²) >= 11 is 0. The van der Waals surface area contributed by atoms with Crippen molar-refractivity contribution in [1.29, 1.82) is 0 Å². The smallest absolute Gasteiger partial charge is 0.119 e. The van der Waals surface area contributed by atoms with E-state index in [4.69, 9.17) is 9.47 Å². The number of fused-ring (bicyclic) bond motifs is 2. The third kappa shape index (κ3) is 4.97. The lowest BCUT2D eigenvalue weighted by Gasteiger charge is -2.08. The molecular weight excluding hydrogens is 512 g/mol. The van der Waals surface area contributed by atoms with Gasteiger partial charge < -0.3 is 9.47 Å². The van der Waals surface area contributed by atoms with Gasteiger partial charge in [-0.3, -0.25) is 9.13 Å². The van der Waals surface area contributed by atoms with E-state index in [1.165, 1.54) is 0 Å². The van der Waals surface area contributed by atoms with Crippen molar-refractivity contribution in [1.82, 2.24) is 19.1 Å². The van der Waals surface area contributed by atoms with Crippen LogP contribution in [0.5, 0.6) is 11.5 Å². The third-order valence-electron chi connectivity index (χ3n) is 6.12. The van der Waals surface area contributed by atoms with Crippen LogP contribution < -0.4 is 9.47 Å². The largest absolute Gasteiger partial charge is 0.494 e. The van der Waals surface area contributed by atoms with Gasteiger partial charge in [0.05, 0.1) is 35.3 Å². The normalized spacial score (nSPS) is 11.3. The fourth-order valence-electron chi connectivity index (χ4n) is 4.34. The van der Waals surface area contributed by atoms with E-state index in [2.05, 4.69) is 79.8 Å². The van der Waals surface area contributed by atoms with Crippen molar-refractivity contribution in [3.8, 4) is 22.9 Å². The Morgan fingerprint density at radius 3 is 1.39 bits per heavy atom. The van der Waals surface area contributed by atoms with E-state index in [0.29, 0.717) is 13.2 Å². The van der Waals surface area contributed by atoms with E-state index in [0.717, 1.165) is 54.7 Å². The minimum Gasteiger partial charge on any atom is -0.494 e. The van der Waals surface area contributed by atoms with E-state index in [1.807, 2.05) is 50.8 Å². The molecule has 0 saturated carbocycles. The summed E-state index contributed by atoms with van der Waals surface area (Å²) in [4.78, 5) is 11.6. The summed E-state index contributed by atoms with van der Waals surface area (Å²) in [6, 6.07) is 29.0. The van der Waals surface area contributed by atoms with Crippen LogP contribution in [-0.4, -0.2) is 32.3 Å². The first kappa shape index (κ1) is 24.5. The van der Waals surface area contributed by atoms with Gasteiger partial charge in [0.2, 0.25) is 0 Å². The van der Waals surface area contributed by atoms with Crippen molar-refractivity contribution in [2.45, 2.75) is 23.6 Å². The highest BCUT2D eigenvalue weighted by atomic mass is 33.1. The number of aromatic nitrogens is 4. The third-order valence-corrected chi connectivity index (χ3v) is 8.50. The first-order valence-electron chi connectivity index (χ1n) is 12.5. The Morgan fingerprint density at radius 1 is 0.579 bits per heavy atom. The van der Waals surface area contributed by atoms with Crippen LogP contribution in [0.1, 0.15) is 13.8 Å². The second-order valence-electron chi connectivity index (χ2n) is 8.55.